The molecule has 6 nitrogen and oxygen atoms in total. The van der Waals surface area contributed by atoms with Gasteiger partial charge in [-0.2, -0.15) is 0 Å². The first-order chi connectivity index (χ1) is 14.5. The zero-order chi connectivity index (χ0) is 21.1. The molecule has 1 unspecified atom stereocenters. The molecule has 1 saturated heterocycles. The van der Waals surface area contributed by atoms with Crippen molar-refractivity contribution in [1.29, 1.82) is 0 Å². The molecule has 0 spiro atoms. The molecule has 0 radical (unpaired) electrons. The molecule has 2 heterocycles. The van der Waals surface area contributed by atoms with Gasteiger partial charge in [0.1, 0.15) is 5.01 Å². The summed E-state index contributed by atoms with van der Waals surface area (Å²) in [7, 11) is 0. The van der Waals surface area contributed by atoms with Gasteiger partial charge in [0.2, 0.25) is 16.9 Å². The van der Waals surface area contributed by atoms with Crippen LogP contribution in [0.3, 0.4) is 0 Å². The van der Waals surface area contributed by atoms with Crippen LogP contribution in [0.1, 0.15) is 22.6 Å². The molecule has 30 heavy (non-hydrogen) atoms. The van der Waals surface area contributed by atoms with E-state index in [0.717, 1.165) is 21.2 Å². The number of amides is 2. The molecule has 0 aliphatic carbocycles. The van der Waals surface area contributed by atoms with Crippen molar-refractivity contribution < 1.29 is 9.59 Å². The Morgan fingerprint density at radius 2 is 1.97 bits per heavy atom. The predicted molar refractivity (Wildman–Crippen MR) is 121 cm³/mol. The minimum atomic E-state index is -0.398. The maximum Gasteiger partial charge on any atom is 0.231 e. The van der Waals surface area contributed by atoms with Crippen molar-refractivity contribution in [2.45, 2.75) is 30.9 Å². The third-order valence-electron chi connectivity index (χ3n) is 5.10. The predicted octanol–water partition coefficient (Wildman–Crippen LogP) is 4.44. The molecule has 1 aliphatic heterocycles. The molecular formula is C22H22N4O2S2. The van der Waals surface area contributed by atoms with Crippen LogP contribution in [0.5, 0.6) is 0 Å². The lowest BCUT2D eigenvalue weighted by molar-refractivity contribution is -0.122. The normalized spacial score (nSPS) is 16.1. The lowest BCUT2D eigenvalue weighted by atomic mass is 10.1. The van der Waals surface area contributed by atoms with Crippen LogP contribution in [0.2, 0.25) is 0 Å². The number of aryl methyl sites for hydroxylation is 2. The molecule has 154 valence electrons. The number of nitrogens with zero attached hydrogens (tertiary/aromatic N) is 3. The van der Waals surface area contributed by atoms with Crippen LogP contribution in [0.4, 0.5) is 10.8 Å². The quantitative estimate of drug-likeness (QED) is 0.576. The van der Waals surface area contributed by atoms with Crippen molar-refractivity contribution >= 4 is 45.7 Å². The van der Waals surface area contributed by atoms with Gasteiger partial charge in [-0.05, 0) is 49.2 Å². The average molecular weight is 439 g/mol. The van der Waals surface area contributed by atoms with E-state index in [1.54, 1.807) is 16.7 Å². The molecule has 2 aromatic carbocycles. The average Bonchev–Trinajstić information content (AvgIpc) is 3.36. The smallest absolute Gasteiger partial charge is 0.231 e. The molecule has 2 amide bonds. The minimum Gasteiger partial charge on any atom is -0.312 e. The van der Waals surface area contributed by atoms with Crippen LogP contribution in [0.25, 0.3) is 0 Å². The SMILES string of the molecule is Cc1ccc(N2CC(C(=O)Nc3nnc(CSc4ccccc4)s3)CC2=O)cc1C. The second-order valence-corrected chi connectivity index (χ2v) is 9.38. The van der Waals surface area contributed by atoms with E-state index in [9.17, 15) is 9.59 Å². The largest absolute Gasteiger partial charge is 0.312 e. The van der Waals surface area contributed by atoms with Gasteiger partial charge < -0.3 is 10.2 Å². The number of carbonyl (C=O) groups excluding carboxylic acids is 2. The summed E-state index contributed by atoms with van der Waals surface area (Å²) in [5.74, 6) is 0.0777. The third kappa shape index (κ3) is 4.71. The zero-order valence-electron chi connectivity index (χ0n) is 16.8. The molecule has 3 aromatic rings. The van der Waals surface area contributed by atoms with Gasteiger partial charge >= 0.3 is 0 Å². The van der Waals surface area contributed by atoms with E-state index in [2.05, 4.69) is 15.5 Å². The Morgan fingerprint density at radius 3 is 2.73 bits per heavy atom. The number of carbonyl (C=O) groups is 2. The molecule has 0 bridgehead atoms. The summed E-state index contributed by atoms with van der Waals surface area (Å²) in [6.07, 6.45) is 0.203. The van der Waals surface area contributed by atoms with E-state index in [0.29, 0.717) is 17.4 Å². The Labute approximate surface area is 183 Å². The van der Waals surface area contributed by atoms with Gasteiger partial charge in [-0.15, -0.1) is 22.0 Å². The first kappa shape index (κ1) is 20.6. The molecule has 0 saturated carbocycles. The van der Waals surface area contributed by atoms with Gasteiger partial charge in [0.15, 0.2) is 0 Å². The molecular weight excluding hydrogens is 416 g/mol. The Kier molecular flexibility index (Phi) is 6.15. The number of rotatable bonds is 6. The van der Waals surface area contributed by atoms with Crippen LogP contribution < -0.4 is 10.2 Å². The van der Waals surface area contributed by atoms with Gasteiger partial charge in [0.25, 0.3) is 0 Å². The van der Waals surface area contributed by atoms with Gasteiger partial charge in [-0.1, -0.05) is 35.6 Å². The van der Waals surface area contributed by atoms with Crippen LogP contribution in [0.15, 0.2) is 53.4 Å². The molecule has 4 rings (SSSR count). The van der Waals surface area contributed by atoms with E-state index in [1.165, 1.54) is 16.9 Å². The second kappa shape index (κ2) is 8.97. The van der Waals surface area contributed by atoms with Crippen molar-refractivity contribution in [3.8, 4) is 0 Å². The first-order valence-electron chi connectivity index (χ1n) is 9.68. The summed E-state index contributed by atoms with van der Waals surface area (Å²) < 4.78 is 0. The maximum atomic E-state index is 12.7. The fourth-order valence-corrected chi connectivity index (χ4v) is 4.91. The number of hydrogen-bond acceptors (Lipinski definition) is 6. The fraction of sp³-hybridized carbons (Fsp3) is 0.273. The number of nitrogens with one attached hydrogen (secondary N) is 1. The molecule has 1 N–H and O–H groups in total. The standard InChI is InChI=1S/C22H22N4O2S2/c1-14-8-9-17(10-15(14)2)26-12-16(11-20(26)27)21(28)23-22-25-24-19(30-22)13-29-18-6-4-3-5-7-18/h3-10,16H,11-13H2,1-2H3,(H,23,25,28). The minimum absolute atomic E-state index is 0.0318. The van der Waals surface area contributed by atoms with Gasteiger partial charge in [-0.3, -0.25) is 9.59 Å². The Hall–Kier alpha value is -2.71. The van der Waals surface area contributed by atoms with Crippen molar-refractivity contribution in [3.63, 3.8) is 0 Å². The first-order valence-corrected chi connectivity index (χ1v) is 11.5. The molecule has 1 atom stereocenters. The van der Waals surface area contributed by atoms with E-state index < -0.39 is 5.92 Å². The van der Waals surface area contributed by atoms with Gasteiger partial charge in [0.05, 0.1) is 11.7 Å². The lowest BCUT2D eigenvalue weighted by Gasteiger charge is -2.17. The number of benzene rings is 2. The summed E-state index contributed by atoms with van der Waals surface area (Å²) in [6, 6.07) is 16.0. The topological polar surface area (TPSA) is 75.2 Å². The summed E-state index contributed by atoms with van der Waals surface area (Å²) in [4.78, 5) is 28.0. The summed E-state index contributed by atoms with van der Waals surface area (Å²) >= 11 is 3.04. The summed E-state index contributed by atoms with van der Waals surface area (Å²) in [5, 5.41) is 12.4. The molecule has 1 aromatic heterocycles. The number of anilines is 2. The summed E-state index contributed by atoms with van der Waals surface area (Å²) in [6.45, 7) is 4.44. The van der Waals surface area contributed by atoms with Crippen LogP contribution in [0, 0.1) is 19.8 Å². The second-order valence-electron chi connectivity index (χ2n) is 7.27. The van der Waals surface area contributed by atoms with Crippen LogP contribution in [-0.2, 0) is 15.3 Å². The van der Waals surface area contributed by atoms with Crippen LogP contribution >= 0.6 is 23.1 Å². The van der Waals surface area contributed by atoms with Gasteiger partial charge in [0, 0.05) is 23.5 Å². The monoisotopic (exact) mass is 438 g/mol. The highest BCUT2D eigenvalue weighted by Crippen LogP contribution is 2.29. The van der Waals surface area contributed by atoms with E-state index in [-0.39, 0.29) is 18.2 Å². The van der Waals surface area contributed by atoms with Crippen LogP contribution in [-0.4, -0.2) is 28.6 Å². The maximum absolute atomic E-state index is 12.7. The highest BCUT2D eigenvalue weighted by atomic mass is 32.2. The highest BCUT2D eigenvalue weighted by Gasteiger charge is 2.35. The van der Waals surface area contributed by atoms with Crippen molar-refractivity contribution in [2.75, 3.05) is 16.8 Å². The number of thioether (sulfide) groups is 1. The molecule has 1 aliphatic rings. The third-order valence-corrected chi connectivity index (χ3v) is 7.15. The van der Waals surface area contributed by atoms with Crippen molar-refractivity contribution in [2.24, 2.45) is 5.92 Å². The molecule has 8 heteroatoms. The van der Waals surface area contributed by atoms with Gasteiger partial charge in [-0.25, -0.2) is 0 Å². The fourth-order valence-electron chi connectivity index (χ4n) is 3.26. The van der Waals surface area contributed by atoms with E-state index in [4.69, 9.17) is 0 Å². The Balaban J connectivity index is 1.34. The Morgan fingerprint density at radius 1 is 1.17 bits per heavy atom. The zero-order valence-corrected chi connectivity index (χ0v) is 18.4. The van der Waals surface area contributed by atoms with Crippen molar-refractivity contribution in [3.05, 3.63) is 64.7 Å². The number of aromatic nitrogens is 2. The molecule has 1 fully saturated rings. The van der Waals surface area contributed by atoms with E-state index >= 15 is 0 Å². The lowest BCUT2D eigenvalue weighted by Crippen LogP contribution is -2.28. The summed E-state index contributed by atoms with van der Waals surface area (Å²) in [5.41, 5.74) is 3.15. The Bertz CT molecular complexity index is 1070. The van der Waals surface area contributed by atoms with Crippen molar-refractivity contribution in [1.82, 2.24) is 10.2 Å². The highest BCUT2D eigenvalue weighted by molar-refractivity contribution is 7.98. The number of hydrogen-bond donors (Lipinski definition) is 1. The van der Waals surface area contributed by atoms with E-state index in [1.807, 2.05) is 62.4 Å².